The van der Waals surface area contributed by atoms with Crippen LogP contribution in [0.3, 0.4) is 0 Å². The molecule has 1 aliphatic heterocycles. The van der Waals surface area contributed by atoms with E-state index in [1.54, 1.807) is 34.6 Å². The van der Waals surface area contributed by atoms with Gasteiger partial charge in [-0.15, -0.1) is 0 Å². The van der Waals surface area contributed by atoms with Crippen molar-refractivity contribution in [3.05, 3.63) is 30.3 Å². The van der Waals surface area contributed by atoms with E-state index in [1.807, 2.05) is 30.3 Å². The Labute approximate surface area is 276 Å². The summed E-state index contributed by atoms with van der Waals surface area (Å²) in [6.45, 7) is 13.5. The van der Waals surface area contributed by atoms with E-state index in [9.17, 15) is 28.8 Å². The fourth-order valence-corrected chi connectivity index (χ4v) is 5.32. The highest BCUT2D eigenvalue weighted by atomic mass is 32.2. The number of likely N-dealkylation sites (tertiary alicyclic amines) is 1. The van der Waals surface area contributed by atoms with Gasteiger partial charge in [0.25, 0.3) is 17.6 Å². The number of urea groups is 1. The molecule has 1 aromatic carbocycles. The Kier molecular flexibility index (Phi) is 15.0. The molecule has 46 heavy (non-hydrogen) atoms. The second-order valence-corrected chi connectivity index (χ2v) is 13.9. The number of carbonyl (C=O) groups is 6. The average molecular weight is 662 g/mol. The number of ketones is 1. The Bertz CT molecular complexity index is 1220. The predicted octanol–water partition coefficient (Wildman–Crippen LogP) is 2.20. The highest BCUT2D eigenvalue weighted by Gasteiger charge is 2.43. The second kappa shape index (κ2) is 17.9. The Morgan fingerprint density at radius 3 is 2.09 bits per heavy atom. The third-order valence-electron chi connectivity index (χ3n) is 7.25. The lowest BCUT2D eigenvalue weighted by Gasteiger charge is -2.36. The molecule has 256 valence electrons. The Morgan fingerprint density at radius 1 is 0.957 bits per heavy atom. The van der Waals surface area contributed by atoms with Crippen LogP contribution < -0.4 is 31.7 Å². The third-order valence-corrected chi connectivity index (χ3v) is 8.06. The van der Waals surface area contributed by atoms with Crippen LogP contribution in [0, 0.1) is 11.3 Å². The quantitative estimate of drug-likeness (QED) is 0.105. The summed E-state index contributed by atoms with van der Waals surface area (Å²) in [6.07, 6.45) is 2.45. The second-order valence-electron chi connectivity index (χ2n) is 13.0. The van der Waals surface area contributed by atoms with E-state index in [1.165, 1.54) is 11.3 Å². The van der Waals surface area contributed by atoms with Crippen LogP contribution in [0.25, 0.3) is 0 Å². The molecule has 4 atom stereocenters. The minimum absolute atomic E-state index is 0.00317. The number of Topliss-reactive ketones (excluding diaryl/α,β-unsaturated/α-hetero) is 1. The largest absolute Gasteiger partial charge is 0.363 e. The van der Waals surface area contributed by atoms with Gasteiger partial charge in [0.1, 0.15) is 24.3 Å². The fourth-order valence-electron chi connectivity index (χ4n) is 4.68. The SMILES string of the molecule is CC(C)C(NC(=O)NC(C(=O)N1CCCC1C(=O)NC(NC1CC1)C(=O)C(N)=O)C(C)(C)C)C(=O)NSc1ccccc1.CCC. The molecule has 1 aromatic rings. The molecule has 7 N–H and O–H groups in total. The molecule has 1 aliphatic carbocycles. The average Bonchev–Trinajstić information content (AvgIpc) is 3.67. The summed E-state index contributed by atoms with van der Waals surface area (Å²) < 4.78 is 2.76. The van der Waals surface area contributed by atoms with Gasteiger partial charge in [0.15, 0.2) is 0 Å². The van der Waals surface area contributed by atoms with Gasteiger partial charge in [-0.05, 0) is 61.1 Å². The summed E-state index contributed by atoms with van der Waals surface area (Å²) in [5.74, 6) is -3.85. The van der Waals surface area contributed by atoms with Gasteiger partial charge in [0.2, 0.25) is 11.8 Å². The van der Waals surface area contributed by atoms with Crippen LogP contribution in [0.4, 0.5) is 4.79 Å². The fraction of sp³-hybridized carbons (Fsp3) is 0.625. The zero-order valence-electron chi connectivity index (χ0n) is 28.0. The van der Waals surface area contributed by atoms with Crippen molar-refractivity contribution in [1.82, 2.24) is 30.9 Å². The van der Waals surface area contributed by atoms with Crippen molar-refractivity contribution < 1.29 is 28.8 Å². The van der Waals surface area contributed by atoms with Crippen molar-refractivity contribution in [2.45, 2.75) is 116 Å². The number of nitrogens with one attached hydrogen (secondary N) is 5. The molecule has 4 unspecified atom stereocenters. The maximum Gasteiger partial charge on any atom is 0.316 e. The number of carbonyl (C=O) groups excluding carboxylic acids is 6. The lowest BCUT2D eigenvalue weighted by atomic mass is 9.85. The normalized spacial score (nSPS) is 17.9. The standard InChI is InChI=1S/C29H43N7O6S.C3H8/c1-16(2)20(26(40)35-43-18-10-7-6-8-11-18)32-28(42)33-22(29(3,4)5)27(41)36-15-9-12-19(36)25(39)34-24(21(37)23(30)38)31-17-13-14-17;1-3-2/h6-8,10-11,16-17,19-20,22,24,31H,9,12-15H2,1-5H3,(H2,30,38)(H,34,39)(H,35,40)(H2,32,33,42);3H2,1-2H3. The van der Waals surface area contributed by atoms with Crippen LogP contribution in [0.2, 0.25) is 0 Å². The van der Waals surface area contributed by atoms with Crippen molar-refractivity contribution in [3.63, 3.8) is 0 Å². The molecule has 1 saturated carbocycles. The van der Waals surface area contributed by atoms with E-state index in [2.05, 4.69) is 39.8 Å². The van der Waals surface area contributed by atoms with Gasteiger partial charge in [-0.25, -0.2) is 4.79 Å². The van der Waals surface area contributed by atoms with Crippen LogP contribution in [0.1, 0.15) is 80.6 Å². The molecule has 14 heteroatoms. The highest BCUT2D eigenvalue weighted by molar-refractivity contribution is 7.98. The number of hydrogen-bond acceptors (Lipinski definition) is 8. The van der Waals surface area contributed by atoms with Crippen LogP contribution in [-0.2, 0) is 24.0 Å². The minimum atomic E-state index is -1.28. The number of hydrogen-bond donors (Lipinski definition) is 6. The zero-order chi connectivity index (χ0) is 34.6. The lowest BCUT2D eigenvalue weighted by Crippen LogP contribution is -2.62. The maximum absolute atomic E-state index is 13.8. The topological polar surface area (TPSA) is 192 Å². The number of primary amides is 1. The molecule has 0 spiro atoms. The van der Waals surface area contributed by atoms with E-state index < -0.39 is 65.1 Å². The molecule has 13 nitrogen and oxygen atoms in total. The van der Waals surface area contributed by atoms with E-state index >= 15 is 0 Å². The summed E-state index contributed by atoms with van der Waals surface area (Å²) in [7, 11) is 0. The van der Waals surface area contributed by atoms with Gasteiger partial charge in [-0.3, -0.25) is 34.0 Å². The minimum Gasteiger partial charge on any atom is -0.363 e. The summed E-state index contributed by atoms with van der Waals surface area (Å²) in [6, 6.07) is 5.73. The molecule has 2 fully saturated rings. The molecule has 0 radical (unpaired) electrons. The number of rotatable bonds is 13. The van der Waals surface area contributed by atoms with E-state index in [0.29, 0.717) is 12.8 Å². The molecule has 3 rings (SSSR count). The molecule has 0 aromatic heterocycles. The first-order valence-electron chi connectivity index (χ1n) is 15.9. The van der Waals surface area contributed by atoms with E-state index in [4.69, 9.17) is 5.73 Å². The molecule has 1 heterocycles. The van der Waals surface area contributed by atoms with E-state index in [-0.39, 0.29) is 18.5 Å². The van der Waals surface area contributed by atoms with Crippen molar-refractivity contribution in [2.24, 2.45) is 17.1 Å². The predicted molar refractivity (Wildman–Crippen MR) is 177 cm³/mol. The van der Waals surface area contributed by atoms with Crippen LogP contribution in [0.15, 0.2) is 35.2 Å². The van der Waals surface area contributed by atoms with E-state index in [0.717, 1.165) is 29.7 Å². The Morgan fingerprint density at radius 2 is 1.57 bits per heavy atom. The smallest absolute Gasteiger partial charge is 0.316 e. The first-order valence-corrected chi connectivity index (χ1v) is 16.7. The van der Waals surface area contributed by atoms with Gasteiger partial charge < -0.3 is 26.6 Å². The van der Waals surface area contributed by atoms with Crippen molar-refractivity contribution in [2.75, 3.05) is 6.54 Å². The van der Waals surface area contributed by atoms with Gasteiger partial charge in [-0.1, -0.05) is 73.1 Å². The molecule has 2 aliphatic rings. The molecule has 0 bridgehead atoms. The number of nitrogens with two attached hydrogens (primary N) is 1. The Balaban J connectivity index is 0.00000236. The van der Waals surface area contributed by atoms with Gasteiger partial charge >= 0.3 is 6.03 Å². The number of benzene rings is 1. The number of nitrogens with zero attached hydrogens (tertiary/aromatic N) is 1. The summed E-state index contributed by atoms with van der Waals surface area (Å²) in [5.41, 5.74) is 4.41. The third kappa shape index (κ3) is 11.9. The van der Waals surface area contributed by atoms with Gasteiger partial charge in [0.05, 0.1) is 0 Å². The van der Waals surface area contributed by atoms with Crippen molar-refractivity contribution in [1.29, 1.82) is 0 Å². The first-order chi connectivity index (χ1) is 21.6. The van der Waals surface area contributed by atoms with Gasteiger partial charge in [-0.2, -0.15) is 0 Å². The summed E-state index contributed by atoms with van der Waals surface area (Å²) in [5, 5.41) is 10.9. The van der Waals surface area contributed by atoms with Crippen LogP contribution >= 0.6 is 11.9 Å². The molecular weight excluding hydrogens is 610 g/mol. The monoisotopic (exact) mass is 661 g/mol. The summed E-state index contributed by atoms with van der Waals surface area (Å²) >= 11 is 1.14. The lowest BCUT2D eigenvalue weighted by molar-refractivity contribution is -0.143. The molecule has 1 saturated heterocycles. The van der Waals surface area contributed by atoms with Crippen LogP contribution in [-0.4, -0.2) is 77.2 Å². The van der Waals surface area contributed by atoms with Gasteiger partial charge in [0, 0.05) is 17.5 Å². The first kappa shape index (κ1) is 38.5. The zero-order valence-corrected chi connectivity index (χ0v) is 28.8. The molecular formula is C32H51N7O6S. The van der Waals surface area contributed by atoms with Crippen molar-refractivity contribution in [3.8, 4) is 0 Å². The Hall–Kier alpha value is -3.65. The number of amides is 6. The van der Waals surface area contributed by atoms with Crippen LogP contribution in [0.5, 0.6) is 0 Å². The molecule has 6 amide bonds. The highest BCUT2D eigenvalue weighted by Crippen LogP contribution is 2.26. The maximum atomic E-state index is 13.8. The van der Waals surface area contributed by atoms with Crippen molar-refractivity contribution >= 4 is 47.4 Å². The summed E-state index contributed by atoms with van der Waals surface area (Å²) in [4.78, 5) is 79.3.